The van der Waals surface area contributed by atoms with Gasteiger partial charge in [-0.25, -0.2) is 0 Å². The minimum Gasteiger partial charge on any atom is -0.339 e. The van der Waals surface area contributed by atoms with Crippen LogP contribution >= 0.6 is 27.5 Å². The van der Waals surface area contributed by atoms with E-state index in [4.69, 9.17) is 21.4 Å². The second kappa shape index (κ2) is 6.18. The van der Waals surface area contributed by atoms with Gasteiger partial charge < -0.3 is 4.52 Å². The predicted octanol–water partition coefficient (Wildman–Crippen LogP) is 4.56. The van der Waals surface area contributed by atoms with Crippen molar-refractivity contribution in [3.63, 3.8) is 0 Å². The Hall–Kier alpha value is -1.38. The molecule has 1 heterocycles. The van der Waals surface area contributed by atoms with E-state index < -0.39 is 0 Å². The first-order chi connectivity index (χ1) is 9.11. The van der Waals surface area contributed by atoms with Crippen molar-refractivity contribution in [2.75, 3.05) is 0 Å². The van der Waals surface area contributed by atoms with Crippen molar-refractivity contribution >= 4 is 27.5 Å². The zero-order valence-electron chi connectivity index (χ0n) is 10.2. The third kappa shape index (κ3) is 3.34. The van der Waals surface area contributed by atoms with Gasteiger partial charge in [0.15, 0.2) is 0 Å². The molecule has 4 nitrogen and oxygen atoms in total. The van der Waals surface area contributed by atoms with Crippen LogP contribution in [0.5, 0.6) is 0 Å². The summed E-state index contributed by atoms with van der Waals surface area (Å²) < 4.78 is 6.02. The molecule has 0 spiro atoms. The van der Waals surface area contributed by atoms with Gasteiger partial charge in [0.05, 0.1) is 11.1 Å². The Balaban J connectivity index is 2.21. The van der Waals surface area contributed by atoms with Crippen LogP contribution in [0.3, 0.4) is 0 Å². The number of hydrogen-bond acceptors (Lipinski definition) is 4. The van der Waals surface area contributed by atoms with Gasteiger partial charge in [-0.05, 0) is 40.5 Å². The van der Waals surface area contributed by atoms with Crippen molar-refractivity contribution in [1.82, 2.24) is 10.1 Å². The first kappa shape index (κ1) is 14.0. The summed E-state index contributed by atoms with van der Waals surface area (Å²) in [7, 11) is 0. The van der Waals surface area contributed by atoms with E-state index >= 15 is 0 Å². The summed E-state index contributed by atoms with van der Waals surface area (Å²) in [6.07, 6.45) is 1.19. The lowest BCUT2D eigenvalue weighted by Gasteiger charge is -2.01. The normalized spacial score (nSPS) is 12.1. The highest BCUT2D eigenvalue weighted by Crippen LogP contribution is 2.28. The van der Waals surface area contributed by atoms with Gasteiger partial charge in [-0.1, -0.05) is 23.7 Å². The summed E-state index contributed by atoms with van der Waals surface area (Å²) in [6, 6.07) is 7.56. The highest BCUT2D eigenvalue weighted by molar-refractivity contribution is 9.10. The van der Waals surface area contributed by atoms with Crippen molar-refractivity contribution in [2.45, 2.75) is 25.7 Å². The van der Waals surface area contributed by atoms with E-state index in [9.17, 15) is 0 Å². The van der Waals surface area contributed by atoms with E-state index in [2.05, 4.69) is 32.1 Å². The Labute approximate surface area is 124 Å². The predicted molar refractivity (Wildman–Crippen MR) is 75.7 cm³/mol. The molecule has 0 amide bonds. The van der Waals surface area contributed by atoms with Crippen molar-refractivity contribution in [2.24, 2.45) is 0 Å². The van der Waals surface area contributed by atoms with E-state index in [1.54, 1.807) is 6.07 Å². The fraction of sp³-hybridized carbons (Fsp3) is 0.308. The Morgan fingerprint density at radius 1 is 1.53 bits per heavy atom. The molecule has 1 atom stereocenters. The molecule has 0 aliphatic heterocycles. The van der Waals surface area contributed by atoms with E-state index in [1.807, 2.05) is 19.1 Å². The highest BCUT2D eigenvalue weighted by Gasteiger charge is 2.15. The van der Waals surface area contributed by atoms with Crippen molar-refractivity contribution < 1.29 is 4.52 Å². The number of nitriles is 1. The lowest BCUT2D eigenvalue weighted by Crippen LogP contribution is -1.93. The summed E-state index contributed by atoms with van der Waals surface area (Å²) >= 11 is 9.30. The maximum absolute atomic E-state index is 8.57. The van der Waals surface area contributed by atoms with Gasteiger partial charge in [0.1, 0.15) is 0 Å². The minimum atomic E-state index is 0.0802. The molecule has 1 aromatic carbocycles. The molecule has 19 heavy (non-hydrogen) atoms. The number of aromatic nitrogens is 2. The highest BCUT2D eigenvalue weighted by atomic mass is 79.9. The second-order valence-corrected chi connectivity index (χ2v) is 5.44. The number of benzene rings is 1. The van der Waals surface area contributed by atoms with Crippen LogP contribution in [-0.2, 0) is 0 Å². The number of hydrogen-bond donors (Lipinski definition) is 0. The van der Waals surface area contributed by atoms with E-state index in [0.29, 0.717) is 29.6 Å². The van der Waals surface area contributed by atoms with Crippen LogP contribution < -0.4 is 0 Å². The van der Waals surface area contributed by atoms with Crippen molar-refractivity contribution in [3.8, 4) is 17.5 Å². The summed E-state index contributed by atoms with van der Waals surface area (Å²) in [4.78, 5) is 4.35. The second-order valence-electron chi connectivity index (χ2n) is 4.18. The third-order valence-electron chi connectivity index (χ3n) is 2.73. The average molecular weight is 341 g/mol. The lowest BCUT2D eigenvalue weighted by atomic mass is 10.1. The smallest absolute Gasteiger partial charge is 0.229 e. The van der Waals surface area contributed by atoms with Crippen LogP contribution in [0.2, 0.25) is 5.02 Å². The van der Waals surface area contributed by atoms with Crippen LogP contribution in [0.4, 0.5) is 0 Å². The standard InChI is InChI=1S/C13H11BrClN3O/c1-8(3-2-6-16)13-17-12(18-19-13)9-4-5-11(15)10(14)7-9/h4-5,7-8H,2-3H2,1H3. The van der Waals surface area contributed by atoms with Crippen LogP contribution in [0.15, 0.2) is 27.2 Å². The van der Waals surface area contributed by atoms with E-state index in [-0.39, 0.29) is 5.92 Å². The van der Waals surface area contributed by atoms with E-state index in [1.165, 1.54) is 0 Å². The van der Waals surface area contributed by atoms with Gasteiger partial charge in [-0.2, -0.15) is 10.2 Å². The van der Waals surface area contributed by atoms with Crippen LogP contribution in [0.25, 0.3) is 11.4 Å². The topological polar surface area (TPSA) is 62.7 Å². The van der Waals surface area contributed by atoms with Gasteiger partial charge in [0.2, 0.25) is 11.7 Å². The molecule has 6 heteroatoms. The SMILES string of the molecule is CC(CCC#N)c1nc(-c2ccc(Cl)c(Br)c2)no1. The molecule has 1 aromatic heterocycles. The summed E-state index contributed by atoms with van der Waals surface area (Å²) in [6.45, 7) is 1.96. The molecular weight excluding hydrogens is 330 g/mol. The van der Waals surface area contributed by atoms with Crippen LogP contribution in [0, 0.1) is 11.3 Å². The Morgan fingerprint density at radius 2 is 2.32 bits per heavy atom. The Morgan fingerprint density at radius 3 is 3.00 bits per heavy atom. The fourth-order valence-corrected chi connectivity index (χ4v) is 2.09. The van der Waals surface area contributed by atoms with Crippen LogP contribution in [0.1, 0.15) is 31.6 Å². The number of rotatable bonds is 4. The van der Waals surface area contributed by atoms with Crippen molar-refractivity contribution in [1.29, 1.82) is 5.26 Å². The van der Waals surface area contributed by atoms with E-state index in [0.717, 1.165) is 10.0 Å². The Bertz CT molecular complexity index is 621. The maximum Gasteiger partial charge on any atom is 0.229 e. The first-order valence-electron chi connectivity index (χ1n) is 5.77. The molecule has 0 N–H and O–H groups in total. The van der Waals surface area contributed by atoms with Gasteiger partial charge in [0, 0.05) is 22.4 Å². The first-order valence-corrected chi connectivity index (χ1v) is 6.95. The largest absolute Gasteiger partial charge is 0.339 e. The molecule has 98 valence electrons. The summed E-state index contributed by atoms with van der Waals surface area (Å²) in [5.74, 6) is 1.16. The molecule has 0 saturated heterocycles. The number of halogens is 2. The van der Waals surface area contributed by atoms with Gasteiger partial charge in [-0.3, -0.25) is 0 Å². The molecule has 0 bridgehead atoms. The minimum absolute atomic E-state index is 0.0802. The van der Waals surface area contributed by atoms with Crippen molar-refractivity contribution in [3.05, 3.63) is 33.6 Å². The molecule has 0 aliphatic carbocycles. The molecule has 0 fully saturated rings. The molecule has 0 radical (unpaired) electrons. The zero-order valence-corrected chi connectivity index (χ0v) is 12.6. The summed E-state index contributed by atoms with van der Waals surface area (Å²) in [5.41, 5.74) is 0.832. The summed E-state index contributed by atoms with van der Waals surface area (Å²) in [5, 5.41) is 13.2. The Kier molecular flexibility index (Phi) is 4.56. The fourth-order valence-electron chi connectivity index (χ4n) is 1.59. The molecule has 1 unspecified atom stereocenters. The zero-order chi connectivity index (χ0) is 13.8. The van der Waals surface area contributed by atoms with Gasteiger partial charge in [0.25, 0.3) is 0 Å². The quantitative estimate of drug-likeness (QED) is 0.818. The third-order valence-corrected chi connectivity index (χ3v) is 3.94. The monoisotopic (exact) mass is 339 g/mol. The lowest BCUT2D eigenvalue weighted by molar-refractivity contribution is 0.355. The maximum atomic E-state index is 8.57. The van der Waals surface area contributed by atoms with Gasteiger partial charge >= 0.3 is 0 Å². The number of nitrogens with zero attached hydrogens (tertiary/aromatic N) is 3. The van der Waals surface area contributed by atoms with Crippen LogP contribution in [-0.4, -0.2) is 10.1 Å². The van der Waals surface area contributed by atoms with Gasteiger partial charge in [-0.15, -0.1) is 0 Å². The molecule has 2 rings (SSSR count). The average Bonchev–Trinajstić information content (AvgIpc) is 2.89. The molecular formula is C13H11BrClN3O. The molecule has 0 saturated carbocycles. The molecule has 0 aliphatic rings. The molecule has 2 aromatic rings.